The zero-order valence-corrected chi connectivity index (χ0v) is 7.46. The van der Waals surface area contributed by atoms with E-state index in [4.69, 9.17) is 5.73 Å². The van der Waals surface area contributed by atoms with Gasteiger partial charge in [-0.05, 0) is 5.92 Å². The van der Waals surface area contributed by atoms with E-state index in [1.54, 1.807) is 13.8 Å². The second kappa shape index (κ2) is 3.90. The van der Waals surface area contributed by atoms with E-state index in [1.165, 1.54) is 0 Å². The highest BCUT2D eigenvalue weighted by molar-refractivity contribution is 5.30. The number of aromatic amines is 1. The number of aromatic hydroxyl groups is 1. The first-order valence-corrected chi connectivity index (χ1v) is 3.61. The highest BCUT2D eigenvalue weighted by atomic mass is 16.3. The van der Waals surface area contributed by atoms with Crippen LogP contribution in [0.2, 0.25) is 0 Å². The van der Waals surface area contributed by atoms with E-state index in [-0.39, 0.29) is 34.3 Å². The maximum Gasteiger partial charge on any atom is 0.259 e. The van der Waals surface area contributed by atoms with E-state index in [9.17, 15) is 9.90 Å². The van der Waals surface area contributed by atoms with Crippen LogP contribution < -0.4 is 11.3 Å². The molecule has 74 valence electrons. The van der Waals surface area contributed by atoms with Crippen molar-refractivity contribution >= 4 is 5.95 Å². The number of hydrogen-bond acceptors (Lipinski definition) is 4. The molecule has 0 spiro atoms. The van der Waals surface area contributed by atoms with Crippen LogP contribution in [-0.4, -0.2) is 20.6 Å². The van der Waals surface area contributed by atoms with Crippen molar-refractivity contribution in [2.24, 2.45) is 0 Å². The number of nitrogens with two attached hydrogens (primary N) is 1. The van der Waals surface area contributed by atoms with E-state index in [0.29, 0.717) is 0 Å². The van der Waals surface area contributed by atoms with Crippen molar-refractivity contribution < 1.29 is 10.6 Å². The van der Waals surface area contributed by atoms with Crippen molar-refractivity contribution in [2.75, 3.05) is 5.73 Å². The second-order valence-electron chi connectivity index (χ2n) is 2.84. The summed E-state index contributed by atoms with van der Waals surface area (Å²) in [6.45, 7) is 3.59. The number of H-pyrrole nitrogens is 1. The Bertz CT molecular complexity index is 345. The molecule has 0 atom stereocenters. The zero-order valence-electron chi connectivity index (χ0n) is 7.46. The van der Waals surface area contributed by atoms with Gasteiger partial charge in [-0.1, -0.05) is 13.8 Å². The lowest BCUT2D eigenvalue weighted by Gasteiger charge is -2.05. The summed E-state index contributed by atoms with van der Waals surface area (Å²) >= 11 is 0. The van der Waals surface area contributed by atoms with E-state index in [0.717, 1.165) is 0 Å². The molecule has 0 saturated carbocycles. The van der Waals surface area contributed by atoms with Gasteiger partial charge in [0, 0.05) is 0 Å². The van der Waals surface area contributed by atoms with Crippen molar-refractivity contribution in [3.05, 3.63) is 15.9 Å². The Balaban J connectivity index is 0.00000144. The van der Waals surface area contributed by atoms with Gasteiger partial charge < -0.3 is 16.3 Å². The fraction of sp³-hybridized carbons (Fsp3) is 0.429. The third-order valence-electron chi connectivity index (χ3n) is 1.53. The molecule has 6 N–H and O–H groups in total. The zero-order chi connectivity index (χ0) is 9.30. The maximum atomic E-state index is 11.2. The van der Waals surface area contributed by atoms with E-state index in [1.807, 2.05) is 0 Å². The number of aromatic nitrogens is 2. The first kappa shape index (κ1) is 11.4. The average molecular weight is 187 g/mol. The minimum atomic E-state index is -0.380. The molecular weight excluding hydrogens is 174 g/mol. The van der Waals surface area contributed by atoms with Crippen LogP contribution >= 0.6 is 0 Å². The van der Waals surface area contributed by atoms with Crippen molar-refractivity contribution in [2.45, 2.75) is 19.8 Å². The number of nitrogen functional groups attached to an aromatic ring is 1. The lowest BCUT2D eigenvalue weighted by atomic mass is 10.1. The predicted molar refractivity (Wildman–Crippen MR) is 48.6 cm³/mol. The molecule has 0 fully saturated rings. The predicted octanol–water partition coefficient (Wildman–Crippen LogP) is -0.644. The molecule has 0 radical (unpaired) electrons. The summed E-state index contributed by atoms with van der Waals surface area (Å²) in [5.41, 5.74) is 5.09. The van der Waals surface area contributed by atoms with Gasteiger partial charge in [-0.15, -0.1) is 0 Å². The number of nitrogens with zero attached hydrogens (tertiary/aromatic N) is 1. The highest BCUT2D eigenvalue weighted by Gasteiger charge is 2.12. The first-order chi connectivity index (χ1) is 5.52. The molecule has 1 aromatic heterocycles. The third kappa shape index (κ3) is 2.19. The van der Waals surface area contributed by atoms with Crippen molar-refractivity contribution in [3.63, 3.8) is 0 Å². The molecule has 0 unspecified atom stereocenters. The van der Waals surface area contributed by atoms with Gasteiger partial charge in [-0.3, -0.25) is 9.78 Å². The minimum absolute atomic E-state index is 0. The fourth-order valence-corrected chi connectivity index (χ4v) is 1.01. The van der Waals surface area contributed by atoms with E-state index >= 15 is 0 Å². The van der Waals surface area contributed by atoms with Gasteiger partial charge in [0.05, 0.1) is 5.56 Å². The van der Waals surface area contributed by atoms with Crippen LogP contribution in [0.15, 0.2) is 4.79 Å². The SMILES string of the molecule is CC(C)c1c(O)nc(N)[nH]c1=O.O. The summed E-state index contributed by atoms with van der Waals surface area (Å²) in [7, 11) is 0. The maximum absolute atomic E-state index is 11.2. The smallest absolute Gasteiger partial charge is 0.259 e. The fourth-order valence-electron chi connectivity index (χ4n) is 1.01. The molecule has 0 aromatic carbocycles. The first-order valence-electron chi connectivity index (χ1n) is 3.61. The van der Waals surface area contributed by atoms with Crippen LogP contribution in [0.4, 0.5) is 5.95 Å². The van der Waals surface area contributed by atoms with Crippen molar-refractivity contribution in [3.8, 4) is 5.88 Å². The normalized spacial score (nSPS) is 9.77. The average Bonchev–Trinajstić information content (AvgIpc) is 1.82. The summed E-state index contributed by atoms with van der Waals surface area (Å²) in [4.78, 5) is 17.0. The molecule has 6 heteroatoms. The van der Waals surface area contributed by atoms with Gasteiger partial charge in [0.2, 0.25) is 11.8 Å². The molecule has 1 rings (SSSR count). The Hall–Kier alpha value is -1.56. The molecule has 0 saturated heterocycles. The summed E-state index contributed by atoms with van der Waals surface area (Å²) in [5.74, 6) is -0.421. The lowest BCUT2D eigenvalue weighted by Crippen LogP contribution is -2.17. The molecule has 13 heavy (non-hydrogen) atoms. The molecular formula is C7H13N3O3. The molecule has 0 bridgehead atoms. The van der Waals surface area contributed by atoms with Crippen molar-refractivity contribution in [1.82, 2.24) is 9.97 Å². The van der Waals surface area contributed by atoms with Crippen LogP contribution in [0.5, 0.6) is 5.88 Å². The summed E-state index contributed by atoms with van der Waals surface area (Å²) in [6.07, 6.45) is 0. The number of rotatable bonds is 1. The highest BCUT2D eigenvalue weighted by Crippen LogP contribution is 2.18. The molecule has 0 aliphatic rings. The van der Waals surface area contributed by atoms with E-state index < -0.39 is 0 Å². The third-order valence-corrected chi connectivity index (χ3v) is 1.53. The van der Waals surface area contributed by atoms with Gasteiger partial charge in [-0.25, -0.2) is 0 Å². The lowest BCUT2D eigenvalue weighted by molar-refractivity contribution is 0.440. The van der Waals surface area contributed by atoms with Crippen LogP contribution in [-0.2, 0) is 0 Å². The van der Waals surface area contributed by atoms with Gasteiger partial charge in [-0.2, -0.15) is 4.98 Å². The Labute approximate surface area is 74.7 Å². The Kier molecular flexibility index (Phi) is 3.43. The molecule has 0 amide bonds. The van der Waals surface area contributed by atoms with Gasteiger partial charge in [0.25, 0.3) is 5.56 Å². The van der Waals surface area contributed by atoms with Gasteiger partial charge in [0.15, 0.2) is 0 Å². The van der Waals surface area contributed by atoms with Gasteiger partial charge in [0.1, 0.15) is 0 Å². The minimum Gasteiger partial charge on any atom is -0.493 e. The van der Waals surface area contributed by atoms with Crippen LogP contribution in [0, 0.1) is 0 Å². The standard InChI is InChI=1S/C7H11N3O2.H2O/c1-3(2)4-5(11)9-7(8)10-6(4)12;/h3H,1-2H3,(H4,8,9,10,11,12);1H2. The second-order valence-corrected chi connectivity index (χ2v) is 2.84. The van der Waals surface area contributed by atoms with Crippen LogP contribution in [0.1, 0.15) is 25.3 Å². The summed E-state index contributed by atoms with van der Waals surface area (Å²) in [5, 5.41) is 9.23. The largest absolute Gasteiger partial charge is 0.493 e. The van der Waals surface area contributed by atoms with Crippen molar-refractivity contribution in [1.29, 1.82) is 0 Å². The number of hydrogen-bond donors (Lipinski definition) is 3. The monoisotopic (exact) mass is 187 g/mol. The van der Waals surface area contributed by atoms with Crippen LogP contribution in [0.25, 0.3) is 0 Å². The molecule has 1 heterocycles. The Morgan fingerprint density at radius 2 is 2.08 bits per heavy atom. The molecule has 6 nitrogen and oxygen atoms in total. The molecule has 0 aliphatic carbocycles. The molecule has 0 aliphatic heterocycles. The van der Waals surface area contributed by atoms with Crippen LogP contribution in [0.3, 0.4) is 0 Å². The summed E-state index contributed by atoms with van der Waals surface area (Å²) < 4.78 is 0. The number of nitrogens with one attached hydrogen (secondary N) is 1. The van der Waals surface area contributed by atoms with Gasteiger partial charge >= 0.3 is 0 Å². The quantitative estimate of drug-likeness (QED) is 0.540. The van der Waals surface area contributed by atoms with E-state index in [2.05, 4.69) is 9.97 Å². The summed E-state index contributed by atoms with van der Waals surface area (Å²) in [6, 6.07) is 0. The Morgan fingerprint density at radius 3 is 2.46 bits per heavy atom. The Morgan fingerprint density at radius 1 is 1.54 bits per heavy atom. The molecule has 1 aromatic rings. The topological polar surface area (TPSA) is 124 Å². The number of anilines is 1.